The smallest absolute Gasteiger partial charge is 0.0894 e. The van der Waals surface area contributed by atoms with Crippen LogP contribution < -0.4 is 5.32 Å². The Morgan fingerprint density at radius 1 is 1.31 bits per heavy atom. The van der Waals surface area contributed by atoms with Crippen LogP contribution in [-0.4, -0.2) is 46.7 Å². The van der Waals surface area contributed by atoms with Gasteiger partial charge in [-0.1, -0.05) is 13.8 Å². The Bertz CT molecular complexity index is 126. The van der Waals surface area contributed by atoms with Gasteiger partial charge in [-0.25, -0.2) is 0 Å². The van der Waals surface area contributed by atoms with Gasteiger partial charge in [0.2, 0.25) is 0 Å². The summed E-state index contributed by atoms with van der Waals surface area (Å²) < 4.78 is 0. The Balaban J connectivity index is 3.61. The average Bonchev–Trinajstić information content (AvgIpc) is 2.17. The van der Waals surface area contributed by atoms with E-state index in [2.05, 4.69) is 5.32 Å². The summed E-state index contributed by atoms with van der Waals surface area (Å²) in [6.07, 6.45) is 0.634. The lowest BCUT2D eigenvalue weighted by Gasteiger charge is -2.25. The van der Waals surface area contributed by atoms with Gasteiger partial charge >= 0.3 is 0 Å². The van der Waals surface area contributed by atoms with Crippen molar-refractivity contribution in [2.75, 3.05) is 19.7 Å². The van der Waals surface area contributed by atoms with Crippen molar-refractivity contribution < 1.29 is 15.3 Å². The second-order valence-corrected chi connectivity index (χ2v) is 3.40. The molecule has 0 saturated heterocycles. The number of aliphatic hydroxyl groups is 3. The molecular weight excluding hydrogens is 170 g/mol. The third kappa shape index (κ3) is 5.21. The molecule has 0 unspecified atom stereocenters. The maximum Gasteiger partial charge on any atom is 0.0894 e. The van der Waals surface area contributed by atoms with Gasteiger partial charge in [-0.15, -0.1) is 0 Å². The molecule has 4 nitrogen and oxygen atoms in total. The Morgan fingerprint density at radius 2 is 1.85 bits per heavy atom. The highest BCUT2D eigenvalue weighted by Crippen LogP contribution is 2.12. The molecule has 13 heavy (non-hydrogen) atoms. The molecule has 0 aliphatic carbocycles. The fourth-order valence-electron chi connectivity index (χ4n) is 1.04. The molecule has 0 fully saturated rings. The van der Waals surface area contributed by atoms with Crippen LogP contribution in [0.25, 0.3) is 0 Å². The Hall–Kier alpha value is -0.160. The fourth-order valence-corrected chi connectivity index (χ4v) is 1.04. The maximum absolute atomic E-state index is 9.81. The number of hydrogen-bond acceptors (Lipinski definition) is 4. The normalized spacial score (nSPS) is 14.5. The second-order valence-electron chi connectivity index (χ2n) is 3.40. The molecule has 80 valence electrons. The Labute approximate surface area is 79.6 Å². The van der Waals surface area contributed by atoms with Crippen molar-refractivity contribution in [1.29, 1.82) is 0 Å². The molecule has 4 N–H and O–H groups in total. The van der Waals surface area contributed by atoms with E-state index in [0.717, 1.165) is 0 Å². The zero-order valence-corrected chi connectivity index (χ0v) is 8.45. The molecule has 0 bridgehead atoms. The monoisotopic (exact) mass is 191 g/mol. The highest BCUT2D eigenvalue weighted by molar-refractivity contribution is 4.78. The van der Waals surface area contributed by atoms with Gasteiger partial charge in [-0.2, -0.15) is 0 Å². The third-order valence-electron chi connectivity index (χ3n) is 2.36. The van der Waals surface area contributed by atoms with Crippen molar-refractivity contribution in [2.45, 2.75) is 38.4 Å². The maximum atomic E-state index is 9.81. The molecule has 4 heteroatoms. The van der Waals surface area contributed by atoms with Gasteiger partial charge in [0.1, 0.15) is 0 Å². The summed E-state index contributed by atoms with van der Waals surface area (Å²) >= 11 is 0. The largest absolute Gasteiger partial charge is 0.394 e. The first-order valence-corrected chi connectivity index (χ1v) is 4.80. The highest BCUT2D eigenvalue weighted by atomic mass is 16.3. The van der Waals surface area contributed by atoms with E-state index in [1.54, 1.807) is 0 Å². The van der Waals surface area contributed by atoms with Crippen LogP contribution in [-0.2, 0) is 0 Å². The zero-order chi connectivity index (χ0) is 10.3. The first kappa shape index (κ1) is 12.8. The first-order chi connectivity index (χ1) is 6.08. The fraction of sp³-hybridized carbons (Fsp3) is 1.00. The minimum Gasteiger partial charge on any atom is -0.394 e. The van der Waals surface area contributed by atoms with E-state index in [0.29, 0.717) is 25.9 Å². The Morgan fingerprint density at radius 3 is 2.23 bits per heavy atom. The van der Waals surface area contributed by atoms with E-state index in [-0.39, 0.29) is 6.61 Å². The third-order valence-corrected chi connectivity index (χ3v) is 2.36. The number of rotatable bonds is 7. The summed E-state index contributed by atoms with van der Waals surface area (Å²) in [6.45, 7) is 4.38. The summed E-state index contributed by atoms with van der Waals surface area (Å²) in [5.74, 6) is 0. The summed E-state index contributed by atoms with van der Waals surface area (Å²) in [4.78, 5) is 0. The van der Waals surface area contributed by atoms with Crippen molar-refractivity contribution >= 4 is 0 Å². The molecule has 0 radical (unpaired) electrons. The predicted octanol–water partition coefficient (Wildman–Crippen LogP) is -0.520. The van der Waals surface area contributed by atoms with E-state index in [1.165, 1.54) is 0 Å². The van der Waals surface area contributed by atoms with Gasteiger partial charge in [0.15, 0.2) is 0 Å². The van der Waals surface area contributed by atoms with Gasteiger partial charge in [0.25, 0.3) is 0 Å². The lowest BCUT2D eigenvalue weighted by Crippen LogP contribution is -2.42. The van der Waals surface area contributed by atoms with E-state index in [4.69, 9.17) is 10.2 Å². The SMILES string of the molecule is CCC(O)(CC)CNC[C@H](O)CO. The van der Waals surface area contributed by atoms with Crippen molar-refractivity contribution in [3.8, 4) is 0 Å². The highest BCUT2D eigenvalue weighted by Gasteiger charge is 2.21. The van der Waals surface area contributed by atoms with Crippen LogP contribution in [0.2, 0.25) is 0 Å². The molecule has 0 aromatic rings. The van der Waals surface area contributed by atoms with E-state index in [1.807, 2.05) is 13.8 Å². The van der Waals surface area contributed by atoms with Gasteiger partial charge < -0.3 is 20.6 Å². The number of aliphatic hydroxyl groups excluding tert-OH is 2. The van der Waals surface area contributed by atoms with Crippen molar-refractivity contribution in [2.24, 2.45) is 0 Å². The van der Waals surface area contributed by atoms with Gasteiger partial charge in [-0.05, 0) is 12.8 Å². The van der Waals surface area contributed by atoms with E-state index >= 15 is 0 Å². The molecule has 0 aliphatic heterocycles. The molecule has 1 atom stereocenters. The number of nitrogens with one attached hydrogen (secondary N) is 1. The molecule has 0 aliphatic rings. The van der Waals surface area contributed by atoms with E-state index in [9.17, 15) is 5.11 Å². The van der Waals surface area contributed by atoms with Gasteiger partial charge in [0.05, 0.1) is 18.3 Å². The quantitative estimate of drug-likeness (QED) is 0.437. The molecule has 0 rings (SSSR count). The summed E-state index contributed by atoms with van der Waals surface area (Å²) in [5.41, 5.74) is -0.685. The topological polar surface area (TPSA) is 72.7 Å². The molecular formula is C9H21NO3. The minimum atomic E-state index is -0.738. The zero-order valence-electron chi connectivity index (χ0n) is 8.45. The van der Waals surface area contributed by atoms with Crippen molar-refractivity contribution in [3.63, 3.8) is 0 Å². The van der Waals surface area contributed by atoms with Crippen molar-refractivity contribution in [3.05, 3.63) is 0 Å². The van der Waals surface area contributed by atoms with E-state index < -0.39 is 11.7 Å². The second kappa shape index (κ2) is 6.32. The predicted molar refractivity (Wildman–Crippen MR) is 51.5 cm³/mol. The Kier molecular flexibility index (Phi) is 6.24. The summed E-state index contributed by atoms with van der Waals surface area (Å²) in [5, 5.41) is 30.3. The van der Waals surface area contributed by atoms with Crippen LogP contribution in [0.3, 0.4) is 0 Å². The van der Waals surface area contributed by atoms with Gasteiger partial charge in [0, 0.05) is 13.1 Å². The van der Waals surface area contributed by atoms with Gasteiger partial charge in [-0.3, -0.25) is 0 Å². The first-order valence-electron chi connectivity index (χ1n) is 4.80. The van der Waals surface area contributed by atoms with Crippen LogP contribution in [0.5, 0.6) is 0 Å². The van der Waals surface area contributed by atoms with Crippen molar-refractivity contribution in [1.82, 2.24) is 5.32 Å². The molecule has 0 saturated carbocycles. The minimum absolute atomic E-state index is 0.246. The number of hydrogen-bond donors (Lipinski definition) is 4. The molecule has 0 aromatic heterocycles. The van der Waals surface area contributed by atoms with Crippen LogP contribution >= 0.6 is 0 Å². The molecule has 0 heterocycles. The lowest BCUT2D eigenvalue weighted by atomic mass is 9.97. The molecule has 0 spiro atoms. The lowest BCUT2D eigenvalue weighted by molar-refractivity contribution is 0.0261. The standard InChI is InChI=1S/C9H21NO3/c1-3-9(13,4-2)7-10-5-8(12)6-11/h8,10-13H,3-7H2,1-2H3/t8-/m0/s1. The average molecular weight is 191 g/mol. The molecule has 0 aromatic carbocycles. The van der Waals surface area contributed by atoms with Crippen LogP contribution in [0.4, 0.5) is 0 Å². The van der Waals surface area contributed by atoms with Crippen LogP contribution in [0.1, 0.15) is 26.7 Å². The summed E-state index contributed by atoms with van der Waals surface area (Å²) in [6, 6.07) is 0. The van der Waals surface area contributed by atoms with Crippen LogP contribution in [0, 0.1) is 0 Å². The molecule has 0 amide bonds. The summed E-state index contributed by atoms with van der Waals surface area (Å²) in [7, 11) is 0. The van der Waals surface area contributed by atoms with Crippen LogP contribution in [0.15, 0.2) is 0 Å².